The van der Waals surface area contributed by atoms with Crippen molar-refractivity contribution in [1.29, 1.82) is 0 Å². The van der Waals surface area contributed by atoms with E-state index in [1.54, 1.807) is 23.4 Å². The number of carbonyl (C=O) groups is 3. The van der Waals surface area contributed by atoms with E-state index < -0.39 is 5.97 Å². The molecule has 1 fully saturated rings. The van der Waals surface area contributed by atoms with Crippen LogP contribution in [0.5, 0.6) is 0 Å². The van der Waals surface area contributed by atoms with Crippen molar-refractivity contribution in [3.8, 4) is 0 Å². The van der Waals surface area contributed by atoms with Crippen molar-refractivity contribution in [2.75, 3.05) is 26.7 Å². The van der Waals surface area contributed by atoms with Gasteiger partial charge in [0.25, 0.3) is 5.91 Å². The topological polar surface area (TPSA) is 77.9 Å². The zero-order chi connectivity index (χ0) is 15.4. The molecule has 0 unspecified atom stereocenters. The molecule has 0 saturated carbocycles. The maximum atomic E-state index is 12.5. The number of likely N-dealkylation sites (N-methyl/N-ethyl adjacent to an activating group) is 1. The fourth-order valence-corrected chi connectivity index (χ4v) is 2.94. The van der Waals surface area contributed by atoms with Gasteiger partial charge >= 0.3 is 5.97 Å². The lowest BCUT2D eigenvalue weighted by Crippen LogP contribution is -2.37. The molecule has 0 bridgehead atoms. The molecule has 2 heterocycles. The van der Waals surface area contributed by atoms with Crippen LogP contribution in [0.2, 0.25) is 0 Å². The number of thiophene rings is 1. The molecule has 1 aromatic rings. The third-order valence-corrected chi connectivity index (χ3v) is 4.17. The van der Waals surface area contributed by atoms with Gasteiger partial charge in [0.2, 0.25) is 5.91 Å². The summed E-state index contributed by atoms with van der Waals surface area (Å²) in [5.41, 5.74) is 0.567. The van der Waals surface area contributed by atoms with Crippen LogP contribution in [0.25, 0.3) is 6.08 Å². The molecule has 6 nitrogen and oxygen atoms in total. The normalized spacial score (nSPS) is 16.3. The predicted molar refractivity (Wildman–Crippen MR) is 79.1 cm³/mol. The first-order valence-electron chi connectivity index (χ1n) is 6.51. The van der Waals surface area contributed by atoms with Gasteiger partial charge in [-0.15, -0.1) is 11.3 Å². The predicted octanol–water partition coefficient (Wildman–Crippen LogP) is 1.15. The van der Waals surface area contributed by atoms with Gasteiger partial charge in [0.15, 0.2) is 0 Å². The summed E-state index contributed by atoms with van der Waals surface area (Å²) in [6, 6.07) is 1.70. The van der Waals surface area contributed by atoms with Crippen molar-refractivity contribution in [2.24, 2.45) is 0 Å². The summed E-state index contributed by atoms with van der Waals surface area (Å²) < 4.78 is 0. The van der Waals surface area contributed by atoms with E-state index in [-0.39, 0.29) is 18.4 Å². The zero-order valence-electron chi connectivity index (χ0n) is 11.6. The molecule has 0 spiro atoms. The molecular formula is C14H16N2O4S. The van der Waals surface area contributed by atoms with Crippen LogP contribution in [0, 0.1) is 0 Å². The van der Waals surface area contributed by atoms with E-state index in [2.05, 4.69) is 0 Å². The van der Waals surface area contributed by atoms with Crippen LogP contribution in [0.3, 0.4) is 0 Å². The number of hydrogen-bond donors (Lipinski definition) is 1. The maximum absolute atomic E-state index is 12.5. The minimum absolute atomic E-state index is 0.0648. The van der Waals surface area contributed by atoms with Gasteiger partial charge in [-0.3, -0.25) is 9.59 Å². The summed E-state index contributed by atoms with van der Waals surface area (Å²) in [5.74, 6) is -1.37. The molecule has 2 rings (SSSR count). The van der Waals surface area contributed by atoms with Crippen molar-refractivity contribution in [2.45, 2.75) is 6.42 Å². The van der Waals surface area contributed by atoms with Gasteiger partial charge in [-0.05, 0) is 29.5 Å². The number of rotatable bonds is 3. The zero-order valence-corrected chi connectivity index (χ0v) is 12.4. The Balaban J connectivity index is 2.18. The highest BCUT2D eigenvalue weighted by Crippen LogP contribution is 2.21. The number of carboxylic acids is 1. The smallest absolute Gasteiger partial charge is 0.328 e. The molecular weight excluding hydrogens is 292 g/mol. The molecule has 21 heavy (non-hydrogen) atoms. The van der Waals surface area contributed by atoms with E-state index in [1.807, 2.05) is 0 Å². The van der Waals surface area contributed by atoms with Crippen LogP contribution in [0.15, 0.2) is 17.5 Å². The molecule has 2 amide bonds. The lowest BCUT2D eigenvalue weighted by Gasteiger charge is -2.19. The quantitative estimate of drug-likeness (QED) is 0.850. The van der Waals surface area contributed by atoms with Gasteiger partial charge in [-0.2, -0.15) is 0 Å². The van der Waals surface area contributed by atoms with E-state index in [0.29, 0.717) is 23.5 Å². The van der Waals surface area contributed by atoms with E-state index in [9.17, 15) is 14.4 Å². The Morgan fingerprint density at radius 3 is 2.86 bits per heavy atom. The molecule has 112 valence electrons. The summed E-state index contributed by atoms with van der Waals surface area (Å²) in [4.78, 5) is 38.5. The van der Waals surface area contributed by atoms with Crippen molar-refractivity contribution in [3.05, 3.63) is 28.0 Å². The second-order valence-electron chi connectivity index (χ2n) is 4.77. The molecule has 1 aliphatic rings. The molecule has 1 saturated heterocycles. The van der Waals surface area contributed by atoms with Crippen molar-refractivity contribution in [1.82, 2.24) is 9.80 Å². The highest BCUT2D eigenvalue weighted by atomic mass is 32.1. The fraction of sp³-hybridized carbons (Fsp3) is 0.357. The van der Waals surface area contributed by atoms with Crippen molar-refractivity contribution >= 4 is 35.2 Å². The molecule has 1 aliphatic heterocycles. The second kappa shape index (κ2) is 6.53. The van der Waals surface area contributed by atoms with Crippen molar-refractivity contribution < 1.29 is 19.5 Å². The van der Waals surface area contributed by atoms with Gasteiger partial charge in [0.1, 0.15) is 6.54 Å². The minimum atomic E-state index is -1.06. The van der Waals surface area contributed by atoms with Gasteiger partial charge in [0, 0.05) is 26.2 Å². The average Bonchev–Trinajstić information content (AvgIpc) is 2.84. The summed E-state index contributed by atoms with van der Waals surface area (Å²) in [6.45, 7) is 1.23. The molecule has 1 aromatic heterocycles. The fourth-order valence-electron chi connectivity index (χ4n) is 2.09. The van der Waals surface area contributed by atoms with Gasteiger partial charge in [-0.1, -0.05) is 0 Å². The molecule has 1 N–H and O–H groups in total. The minimum Gasteiger partial charge on any atom is -0.478 e. The number of carboxylic acid groups (broad SMARTS) is 1. The molecule has 0 atom stereocenters. The summed E-state index contributed by atoms with van der Waals surface area (Å²) in [6.07, 6.45) is 3.14. The van der Waals surface area contributed by atoms with Crippen LogP contribution in [0.1, 0.15) is 21.7 Å². The van der Waals surface area contributed by atoms with Crippen LogP contribution in [-0.4, -0.2) is 59.4 Å². The molecule has 0 radical (unpaired) electrons. The Morgan fingerprint density at radius 2 is 2.14 bits per heavy atom. The van der Waals surface area contributed by atoms with E-state index >= 15 is 0 Å². The number of carbonyl (C=O) groups excluding carboxylic acids is 2. The van der Waals surface area contributed by atoms with Crippen molar-refractivity contribution in [3.63, 3.8) is 0 Å². The first-order chi connectivity index (χ1) is 9.99. The van der Waals surface area contributed by atoms with E-state index in [1.165, 1.54) is 22.3 Å². The number of hydrogen-bond acceptors (Lipinski definition) is 4. The lowest BCUT2D eigenvalue weighted by molar-refractivity contribution is -0.131. The third kappa shape index (κ3) is 3.69. The first kappa shape index (κ1) is 15.2. The van der Waals surface area contributed by atoms with E-state index in [4.69, 9.17) is 5.11 Å². The Hall–Kier alpha value is -2.15. The monoisotopic (exact) mass is 308 g/mol. The maximum Gasteiger partial charge on any atom is 0.328 e. The molecule has 0 aromatic carbocycles. The number of amides is 2. The standard InChI is InChI=1S/C14H16N2O4S/c1-15-6-2-7-16(9-11(15)17)14(20)13-10(5-8-21-13)3-4-12(18)19/h3-5,8H,2,6-7,9H2,1H3,(H,18,19)/b4-3+. The summed E-state index contributed by atoms with van der Waals surface area (Å²) in [7, 11) is 1.72. The Kier molecular flexibility index (Phi) is 4.74. The Labute approximate surface area is 126 Å². The Morgan fingerprint density at radius 1 is 1.38 bits per heavy atom. The van der Waals surface area contributed by atoms with Crippen LogP contribution < -0.4 is 0 Å². The highest BCUT2D eigenvalue weighted by Gasteiger charge is 2.25. The van der Waals surface area contributed by atoms with Gasteiger partial charge in [-0.25, -0.2) is 4.79 Å². The summed E-state index contributed by atoms with van der Waals surface area (Å²) >= 11 is 1.25. The number of aliphatic carboxylic acids is 1. The molecule has 0 aliphatic carbocycles. The second-order valence-corrected chi connectivity index (χ2v) is 5.69. The first-order valence-corrected chi connectivity index (χ1v) is 7.38. The average molecular weight is 308 g/mol. The van der Waals surface area contributed by atoms with Crippen LogP contribution >= 0.6 is 11.3 Å². The van der Waals surface area contributed by atoms with Gasteiger partial charge < -0.3 is 14.9 Å². The van der Waals surface area contributed by atoms with Gasteiger partial charge in [0.05, 0.1) is 4.88 Å². The lowest BCUT2D eigenvalue weighted by atomic mass is 10.2. The molecule has 7 heteroatoms. The SMILES string of the molecule is CN1CCCN(C(=O)c2sccc2/C=C/C(=O)O)CC1=O. The largest absolute Gasteiger partial charge is 0.478 e. The Bertz CT molecular complexity index is 594. The van der Waals surface area contributed by atoms with E-state index in [0.717, 1.165) is 12.5 Å². The third-order valence-electron chi connectivity index (χ3n) is 3.26. The van der Waals surface area contributed by atoms with Crippen LogP contribution in [-0.2, 0) is 9.59 Å². The highest BCUT2D eigenvalue weighted by molar-refractivity contribution is 7.12. The van der Waals surface area contributed by atoms with Crippen LogP contribution in [0.4, 0.5) is 0 Å². The number of nitrogens with zero attached hydrogens (tertiary/aromatic N) is 2. The summed E-state index contributed by atoms with van der Waals surface area (Å²) in [5, 5.41) is 10.4.